The monoisotopic (exact) mass is 157 g/mol. The van der Waals surface area contributed by atoms with Gasteiger partial charge in [-0.2, -0.15) is 0 Å². The molecule has 0 amide bonds. The van der Waals surface area contributed by atoms with Gasteiger partial charge in [-0.3, -0.25) is 4.99 Å². The molecule has 0 aromatic heterocycles. The van der Waals surface area contributed by atoms with Crippen molar-refractivity contribution in [3.05, 3.63) is 41.2 Å². The Kier molecular flexibility index (Phi) is 1.81. The molecule has 2 aliphatic rings. The van der Waals surface area contributed by atoms with Gasteiger partial charge >= 0.3 is 0 Å². The molecule has 12 heavy (non-hydrogen) atoms. The van der Waals surface area contributed by atoms with Crippen molar-refractivity contribution in [3.8, 4) is 0 Å². The fourth-order valence-electron chi connectivity index (χ4n) is 1.46. The third-order valence-corrected chi connectivity index (χ3v) is 2.09. The number of hydrogen-bond donors (Lipinski definition) is 0. The molecule has 0 spiro atoms. The lowest BCUT2D eigenvalue weighted by molar-refractivity contribution is 0.983. The minimum Gasteiger partial charge on any atom is -0.284 e. The quantitative estimate of drug-likeness (QED) is 0.479. The minimum atomic E-state index is 0.927. The summed E-state index contributed by atoms with van der Waals surface area (Å²) < 4.78 is 0. The van der Waals surface area contributed by atoms with E-state index in [1.807, 2.05) is 12.2 Å². The van der Waals surface area contributed by atoms with Gasteiger partial charge in [-0.15, -0.1) is 5.73 Å². The Morgan fingerprint density at radius 1 is 1.50 bits per heavy atom. The lowest BCUT2D eigenvalue weighted by Crippen LogP contribution is -2.05. The molecule has 0 saturated carbocycles. The predicted molar refractivity (Wildman–Crippen MR) is 51.4 cm³/mol. The van der Waals surface area contributed by atoms with E-state index in [9.17, 15) is 0 Å². The number of allylic oxidation sites excluding steroid dienone is 4. The Morgan fingerprint density at radius 3 is 3.33 bits per heavy atom. The average molecular weight is 157 g/mol. The van der Waals surface area contributed by atoms with Gasteiger partial charge in [0.05, 0.1) is 5.71 Å². The van der Waals surface area contributed by atoms with Gasteiger partial charge in [0.2, 0.25) is 0 Å². The summed E-state index contributed by atoms with van der Waals surface area (Å²) in [7, 11) is 0. The van der Waals surface area contributed by atoms with Crippen molar-refractivity contribution in [1.82, 2.24) is 0 Å². The van der Waals surface area contributed by atoms with Crippen molar-refractivity contribution in [2.24, 2.45) is 4.99 Å². The largest absolute Gasteiger partial charge is 0.284 e. The number of hydrogen-bond acceptors (Lipinski definition) is 1. The Hall–Kier alpha value is -1.33. The molecule has 1 heteroatoms. The molecule has 1 nitrogen and oxygen atoms in total. The fourth-order valence-corrected chi connectivity index (χ4v) is 1.46. The van der Waals surface area contributed by atoms with Crippen LogP contribution in [0.5, 0.6) is 0 Å². The lowest BCUT2D eigenvalue weighted by Gasteiger charge is -2.10. The summed E-state index contributed by atoms with van der Waals surface area (Å²) >= 11 is 0. The summed E-state index contributed by atoms with van der Waals surface area (Å²) in [6.07, 6.45) is 9.29. The molecule has 60 valence electrons. The van der Waals surface area contributed by atoms with Gasteiger partial charge in [0.1, 0.15) is 0 Å². The van der Waals surface area contributed by atoms with Gasteiger partial charge in [0, 0.05) is 12.1 Å². The molecule has 0 radical (unpaired) electrons. The predicted octanol–water partition coefficient (Wildman–Crippen LogP) is 2.43. The van der Waals surface area contributed by atoms with Crippen molar-refractivity contribution in [1.29, 1.82) is 0 Å². The maximum Gasteiger partial charge on any atom is 0.0652 e. The van der Waals surface area contributed by atoms with E-state index >= 15 is 0 Å². The van der Waals surface area contributed by atoms with Crippen molar-refractivity contribution in [2.75, 3.05) is 6.54 Å². The molecule has 0 bridgehead atoms. The van der Waals surface area contributed by atoms with E-state index in [0.29, 0.717) is 0 Å². The molecule has 0 aromatic rings. The highest BCUT2D eigenvalue weighted by Gasteiger charge is 2.09. The zero-order valence-corrected chi connectivity index (χ0v) is 7.17. The molecule has 0 fully saturated rings. The second-order valence-corrected chi connectivity index (χ2v) is 2.97. The first-order chi connectivity index (χ1) is 5.88. The van der Waals surface area contributed by atoms with Crippen molar-refractivity contribution in [2.45, 2.75) is 13.3 Å². The second-order valence-electron chi connectivity index (χ2n) is 2.97. The third-order valence-electron chi connectivity index (χ3n) is 2.09. The average Bonchev–Trinajstić information content (AvgIpc) is 2.29. The van der Waals surface area contributed by atoms with Crippen molar-refractivity contribution < 1.29 is 0 Å². The molecule has 0 unspecified atom stereocenters. The third kappa shape index (κ3) is 1.19. The number of rotatable bonds is 0. The molecule has 0 N–H and O–H groups in total. The van der Waals surface area contributed by atoms with Crippen LogP contribution in [0.3, 0.4) is 0 Å². The summed E-state index contributed by atoms with van der Waals surface area (Å²) in [5.41, 5.74) is 6.76. The Bertz CT molecular complexity index is 347. The van der Waals surface area contributed by atoms with Gasteiger partial charge < -0.3 is 0 Å². The Morgan fingerprint density at radius 2 is 2.42 bits per heavy atom. The number of aliphatic imine (C=N–C) groups is 1. The number of nitrogens with zero attached hydrogens (tertiary/aromatic N) is 1. The molecule has 0 aromatic carbocycles. The van der Waals surface area contributed by atoms with E-state index in [2.05, 4.69) is 29.8 Å². The highest BCUT2D eigenvalue weighted by molar-refractivity contribution is 6.12. The minimum absolute atomic E-state index is 0.927. The summed E-state index contributed by atoms with van der Waals surface area (Å²) in [5, 5.41) is 0. The van der Waals surface area contributed by atoms with Gasteiger partial charge in [-0.25, -0.2) is 0 Å². The first-order valence-electron chi connectivity index (χ1n) is 4.23. The van der Waals surface area contributed by atoms with E-state index in [-0.39, 0.29) is 0 Å². The van der Waals surface area contributed by atoms with Crippen LogP contribution < -0.4 is 0 Å². The molecular weight excluding hydrogens is 146 g/mol. The van der Waals surface area contributed by atoms with Crippen LogP contribution in [0.2, 0.25) is 0 Å². The topological polar surface area (TPSA) is 12.4 Å². The van der Waals surface area contributed by atoms with Crippen molar-refractivity contribution >= 4 is 5.71 Å². The first kappa shape index (κ1) is 7.33. The van der Waals surface area contributed by atoms with Crippen LogP contribution in [-0.4, -0.2) is 12.3 Å². The van der Waals surface area contributed by atoms with E-state index in [1.54, 1.807) is 0 Å². The van der Waals surface area contributed by atoms with Gasteiger partial charge in [-0.1, -0.05) is 12.2 Å². The zero-order valence-electron chi connectivity index (χ0n) is 7.17. The summed E-state index contributed by atoms with van der Waals surface area (Å²) in [4.78, 5) is 4.44. The van der Waals surface area contributed by atoms with Gasteiger partial charge in [0.15, 0.2) is 0 Å². The molecule has 1 heterocycles. The SMILES string of the molecule is CC1=C=CC=CC2=NCCC=C12. The number of fused-ring (bicyclic) bond motifs is 1. The van der Waals surface area contributed by atoms with Gasteiger partial charge in [-0.05, 0) is 31.1 Å². The maximum absolute atomic E-state index is 4.44. The van der Waals surface area contributed by atoms with E-state index < -0.39 is 0 Å². The fraction of sp³-hybridized carbons (Fsp3) is 0.273. The summed E-state index contributed by atoms with van der Waals surface area (Å²) in [6, 6.07) is 0. The standard InChI is InChI=1S/C11H11N/c1-9-5-2-3-7-11-10(9)6-4-8-12-11/h2-3,6-7H,4,8H2,1H3. The molecule has 0 saturated heterocycles. The van der Waals surface area contributed by atoms with Crippen LogP contribution in [0, 0.1) is 0 Å². The van der Waals surface area contributed by atoms with Crippen LogP contribution in [0.25, 0.3) is 0 Å². The molecule has 2 rings (SSSR count). The van der Waals surface area contributed by atoms with E-state index in [0.717, 1.165) is 18.7 Å². The molecule has 1 aliphatic carbocycles. The molecule has 0 atom stereocenters. The highest BCUT2D eigenvalue weighted by Crippen LogP contribution is 2.17. The van der Waals surface area contributed by atoms with E-state index in [4.69, 9.17) is 0 Å². The van der Waals surface area contributed by atoms with Crippen LogP contribution in [0.4, 0.5) is 0 Å². The maximum atomic E-state index is 4.44. The van der Waals surface area contributed by atoms with Crippen LogP contribution in [-0.2, 0) is 0 Å². The normalized spacial score (nSPS) is 20.6. The van der Waals surface area contributed by atoms with Crippen LogP contribution >= 0.6 is 0 Å². The summed E-state index contributed by atoms with van der Waals surface area (Å²) in [5.74, 6) is 0. The Balaban J connectivity index is 2.53. The smallest absolute Gasteiger partial charge is 0.0652 e. The highest BCUT2D eigenvalue weighted by atomic mass is 14.7. The van der Waals surface area contributed by atoms with E-state index in [1.165, 1.54) is 11.1 Å². The second kappa shape index (κ2) is 2.96. The zero-order chi connectivity index (χ0) is 8.39. The molecular formula is C11H11N. The first-order valence-corrected chi connectivity index (χ1v) is 4.23. The van der Waals surface area contributed by atoms with Crippen molar-refractivity contribution in [3.63, 3.8) is 0 Å². The van der Waals surface area contributed by atoms with Crippen LogP contribution in [0.15, 0.2) is 46.2 Å². The molecule has 1 aliphatic heterocycles. The summed E-state index contributed by atoms with van der Waals surface area (Å²) in [6.45, 7) is 3.01. The van der Waals surface area contributed by atoms with Crippen LogP contribution in [0.1, 0.15) is 13.3 Å². The Labute approximate surface area is 72.5 Å². The van der Waals surface area contributed by atoms with Gasteiger partial charge in [0.25, 0.3) is 0 Å². The number of dihydropyridines is 1. The lowest BCUT2D eigenvalue weighted by atomic mass is 10.0.